The Labute approximate surface area is 145 Å². The summed E-state index contributed by atoms with van der Waals surface area (Å²) in [5.74, 6) is 1.59. The Morgan fingerprint density at radius 3 is 2.55 bits per heavy atom. The van der Waals surface area contributed by atoms with E-state index in [9.17, 15) is 4.79 Å². The molecule has 1 aromatic carbocycles. The number of benzene rings is 1. The van der Waals surface area contributed by atoms with Crippen LogP contribution in [-0.2, 0) is 4.79 Å². The number of rotatable bonds is 3. The molecular formula is C20H26OSn. The van der Waals surface area contributed by atoms with Gasteiger partial charge in [0.1, 0.15) is 0 Å². The second kappa shape index (κ2) is 8.71. The van der Waals surface area contributed by atoms with Crippen LogP contribution >= 0.6 is 0 Å². The van der Waals surface area contributed by atoms with Crippen LogP contribution in [0.2, 0.25) is 3.93 Å². The molecule has 2 rings (SSSR count). The molecule has 2 atom stereocenters. The second-order valence-corrected chi connectivity index (χ2v) is 11.0. The van der Waals surface area contributed by atoms with Gasteiger partial charge in [0.15, 0.2) is 0 Å². The fourth-order valence-electron chi connectivity index (χ4n) is 2.86. The molecule has 0 aliphatic heterocycles. The molecule has 0 bridgehead atoms. The number of carbonyl (C=O) groups is 1. The van der Waals surface area contributed by atoms with E-state index in [2.05, 4.69) is 62.9 Å². The number of allylic oxidation sites excluding steroid dienone is 3. The van der Waals surface area contributed by atoms with E-state index in [-0.39, 0.29) is 0 Å². The van der Waals surface area contributed by atoms with Gasteiger partial charge in [0, 0.05) is 0 Å². The molecule has 0 N–H and O–H groups in total. The zero-order valence-corrected chi connectivity index (χ0v) is 16.6. The van der Waals surface area contributed by atoms with Crippen molar-refractivity contribution in [2.75, 3.05) is 0 Å². The Hall–Kier alpha value is -0.831. The van der Waals surface area contributed by atoms with Crippen LogP contribution in [0.3, 0.4) is 0 Å². The van der Waals surface area contributed by atoms with Crippen LogP contribution in [0.25, 0.3) is 0 Å². The molecule has 0 amide bonds. The third kappa shape index (κ3) is 5.42. The summed E-state index contributed by atoms with van der Waals surface area (Å²) in [5, 5.41) is 0. The van der Waals surface area contributed by atoms with E-state index >= 15 is 0 Å². The van der Waals surface area contributed by atoms with Crippen molar-refractivity contribution in [3.63, 3.8) is 0 Å². The summed E-state index contributed by atoms with van der Waals surface area (Å²) in [6.07, 6.45) is 8.17. The molecule has 2 radical (unpaired) electrons. The summed E-state index contributed by atoms with van der Waals surface area (Å²) in [5.41, 5.74) is 1.18. The third-order valence-electron chi connectivity index (χ3n) is 4.42. The minimum absolute atomic E-state index is 0.307. The van der Waals surface area contributed by atoms with E-state index < -0.39 is 21.1 Å². The molecule has 0 saturated heterocycles. The third-order valence-corrected chi connectivity index (χ3v) is 9.06. The van der Waals surface area contributed by atoms with Gasteiger partial charge in [0.05, 0.1) is 0 Å². The molecule has 0 aromatic heterocycles. The summed E-state index contributed by atoms with van der Waals surface area (Å²) >= 11 is -0.858. The van der Waals surface area contributed by atoms with Crippen molar-refractivity contribution in [3.05, 3.63) is 54.6 Å². The summed E-state index contributed by atoms with van der Waals surface area (Å²) in [7, 11) is 0. The number of hydrogen-bond donors (Lipinski definition) is 0. The zero-order chi connectivity index (χ0) is 15.9. The van der Waals surface area contributed by atoms with Crippen molar-refractivity contribution in [2.24, 2.45) is 11.8 Å². The van der Waals surface area contributed by atoms with E-state index in [1.54, 1.807) is 0 Å². The van der Waals surface area contributed by atoms with Gasteiger partial charge >= 0.3 is 145 Å². The summed E-state index contributed by atoms with van der Waals surface area (Å²) in [4.78, 5) is 12.7. The van der Waals surface area contributed by atoms with Gasteiger partial charge in [-0.15, -0.1) is 0 Å². The van der Waals surface area contributed by atoms with Crippen LogP contribution in [0, 0.1) is 11.8 Å². The first-order chi connectivity index (χ1) is 10.6. The Kier molecular flexibility index (Phi) is 6.94. The Morgan fingerprint density at radius 2 is 1.86 bits per heavy atom. The molecule has 22 heavy (non-hydrogen) atoms. The van der Waals surface area contributed by atoms with Crippen molar-refractivity contribution in [1.82, 2.24) is 0 Å². The van der Waals surface area contributed by atoms with E-state index in [0.29, 0.717) is 21.6 Å². The molecule has 0 spiro atoms. The van der Waals surface area contributed by atoms with Crippen LogP contribution in [0.15, 0.2) is 54.6 Å². The molecule has 2 heteroatoms. The topological polar surface area (TPSA) is 17.1 Å². The van der Waals surface area contributed by atoms with Crippen LogP contribution in [0.5, 0.6) is 0 Å². The van der Waals surface area contributed by atoms with Gasteiger partial charge in [-0.05, 0) is 0 Å². The van der Waals surface area contributed by atoms with Crippen molar-refractivity contribution in [2.45, 2.75) is 43.5 Å². The first-order valence-corrected chi connectivity index (χ1v) is 11.3. The fraction of sp³-hybridized carbons (Fsp3) is 0.450. The first-order valence-electron chi connectivity index (χ1n) is 8.26. The Balaban J connectivity index is 2.10. The molecule has 0 saturated carbocycles. The van der Waals surface area contributed by atoms with Gasteiger partial charge in [0.25, 0.3) is 0 Å². The quantitative estimate of drug-likeness (QED) is 0.690. The van der Waals surface area contributed by atoms with Crippen LogP contribution < -0.4 is 3.58 Å². The molecule has 1 unspecified atom stereocenters. The normalized spacial score (nSPS) is 25.2. The zero-order valence-electron chi connectivity index (χ0n) is 13.7. The number of Topliss-reactive ketones (excluding diaryl/α,β-unsaturated/α-hetero) is 1. The number of ketones is 1. The molecule has 0 heterocycles. The fourth-order valence-corrected chi connectivity index (χ4v) is 6.80. The average molecular weight is 401 g/mol. The molecule has 116 valence electrons. The molecule has 1 nitrogen and oxygen atoms in total. The molecule has 0 fully saturated rings. The van der Waals surface area contributed by atoms with Crippen molar-refractivity contribution >= 4 is 30.5 Å². The molecule has 1 aliphatic carbocycles. The van der Waals surface area contributed by atoms with Gasteiger partial charge in [-0.25, -0.2) is 0 Å². The Bertz CT molecular complexity index is 530. The van der Waals surface area contributed by atoms with E-state index in [4.69, 9.17) is 0 Å². The predicted molar refractivity (Wildman–Crippen MR) is 95.7 cm³/mol. The van der Waals surface area contributed by atoms with Crippen molar-refractivity contribution in [3.8, 4) is 0 Å². The summed E-state index contributed by atoms with van der Waals surface area (Å²) in [6.45, 7) is 8.65. The van der Waals surface area contributed by atoms with Crippen molar-refractivity contribution < 1.29 is 4.79 Å². The van der Waals surface area contributed by atoms with Gasteiger partial charge in [0.2, 0.25) is 0 Å². The summed E-state index contributed by atoms with van der Waals surface area (Å²) in [6, 6.07) is 10.6. The maximum absolute atomic E-state index is 12.7. The van der Waals surface area contributed by atoms with Crippen LogP contribution in [0.4, 0.5) is 0 Å². The average Bonchev–Trinajstić information content (AvgIpc) is 2.51. The number of carbonyl (C=O) groups excluding carboxylic acids is 1. The van der Waals surface area contributed by atoms with Crippen LogP contribution in [0.1, 0.15) is 39.5 Å². The van der Waals surface area contributed by atoms with Gasteiger partial charge in [-0.2, -0.15) is 0 Å². The Morgan fingerprint density at radius 1 is 1.14 bits per heavy atom. The standard InChI is InChI=1S/C14H21O.C6H5.Sn/c1-11(2)13-8-7-12(3)5-4-6-14(15)10-9-13;1-2-4-6-5-3-1;/h6-8,11,13H,3-5,9-10H2,1-2H3;1-5H;/b8-7+;;/t13-;;/m0../s1. The molecule has 1 aliphatic rings. The van der Waals surface area contributed by atoms with E-state index in [1.807, 2.05) is 0 Å². The monoisotopic (exact) mass is 402 g/mol. The van der Waals surface area contributed by atoms with Crippen LogP contribution in [-0.4, -0.2) is 26.9 Å². The van der Waals surface area contributed by atoms with Gasteiger partial charge in [-0.3, -0.25) is 0 Å². The molecular weight excluding hydrogens is 375 g/mol. The minimum atomic E-state index is -0.858. The van der Waals surface area contributed by atoms with Gasteiger partial charge in [-0.1, -0.05) is 0 Å². The van der Waals surface area contributed by atoms with E-state index in [0.717, 1.165) is 25.7 Å². The summed E-state index contributed by atoms with van der Waals surface area (Å²) < 4.78 is 1.74. The predicted octanol–water partition coefficient (Wildman–Crippen LogP) is 4.33. The SMILES string of the molecule is C=C1/C=C/[C@H](C(C)C)CCC(=O)[CH]([Sn][c]2ccccc2)CC1. The van der Waals surface area contributed by atoms with E-state index in [1.165, 1.54) is 9.15 Å². The number of hydrogen-bond acceptors (Lipinski definition) is 1. The first kappa shape index (κ1) is 17.5. The van der Waals surface area contributed by atoms with Gasteiger partial charge < -0.3 is 0 Å². The van der Waals surface area contributed by atoms with Crippen molar-refractivity contribution in [1.29, 1.82) is 0 Å². The molecule has 1 aromatic rings. The second-order valence-electron chi connectivity index (χ2n) is 6.53. The maximum atomic E-state index is 12.7.